The van der Waals surface area contributed by atoms with E-state index >= 15 is 0 Å². The lowest BCUT2D eigenvalue weighted by molar-refractivity contribution is 0.0920. The highest BCUT2D eigenvalue weighted by atomic mass is 35.5. The van der Waals surface area contributed by atoms with Crippen molar-refractivity contribution in [2.75, 3.05) is 24.7 Å². The van der Waals surface area contributed by atoms with Gasteiger partial charge in [0.05, 0.1) is 27.5 Å². The third kappa shape index (κ3) is 6.12. The molecule has 2 heterocycles. The number of nitrogens with one attached hydrogen (secondary N) is 3. The number of benzene rings is 1. The van der Waals surface area contributed by atoms with E-state index in [4.69, 9.17) is 23.2 Å². The zero-order valence-electron chi connectivity index (χ0n) is 16.6. The van der Waals surface area contributed by atoms with Crippen LogP contribution in [0.5, 0.6) is 0 Å². The van der Waals surface area contributed by atoms with Crippen molar-refractivity contribution < 1.29 is 9.59 Å². The smallest absolute Gasteiger partial charge is 0.271 e. The first kappa shape index (κ1) is 23.5. The third-order valence-electron chi connectivity index (χ3n) is 4.35. The molecule has 3 N–H and O–H groups in total. The normalized spacial score (nSPS) is 14.7. The number of carbonyl (C=O) groups excluding carboxylic acids is 2. The van der Waals surface area contributed by atoms with Crippen LogP contribution in [0.1, 0.15) is 47.5 Å². The molecule has 0 saturated carbocycles. The van der Waals surface area contributed by atoms with Gasteiger partial charge in [-0.15, -0.1) is 0 Å². The summed E-state index contributed by atoms with van der Waals surface area (Å²) in [7, 11) is 0. The van der Waals surface area contributed by atoms with E-state index in [1.807, 2.05) is 20.1 Å². The van der Waals surface area contributed by atoms with Crippen molar-refractivity contribution in [3.8, 4) is 0 Å². The van der Waals surface area contributed by atoms with Crippen molar-refractivity contribution in [1.29, 1.82) is 0 Å². The molecule has 0 atom stereocenters. The molecule has 0 bridgehead atoms. The van der Waals surface area contributed by atoms with Crippen LogP contribution in [-0.4, -0.2) is 51.7 Å². The second-order valence-electron chi connectivity index (χ2n) is 6.07. The predicted octanol–water partition coefficient (Wildman–Crippen LogP) is 4.47. The third-order valence-corrected chi connectivity index (χ3v) is 5.86. The second-order valence-corrected chi connectivity index (χ2v) is 7.76. The minimum absolute atomic E-state index is 0.0887. The molecule has 1 fully saturated rings. The number of halogens is 2. The molecule has 3 rings (SSSR count). The quantitative estimate of drug-likeness (QED) is 0.576. The van der Waals surface area contributed by atoms with E-state index < -0.39 is 5.91 Å². The lowest BCUT2D eigenvalue weighted by Crippen LogP contribution is -2.42. The van der Waals surface area contributed by atoms with Gasteiger partial charge in [-0.3, -0.25) is 19.0 Å². The molecule has 1 aliphatic heterocycles. The first-order chi connectivity index (χ1) is 14.0. The number of piperidine rings is 1. The molecule has 158 valence electrons. The maximum Gasteiger partial charge on any atom is 0.271 e. The first-order valence-electron chi connectivity index (χ1n) is 9.38. The topological polar surface area (TPSA) is 90.1 Å². The van der Waals surface area contributed by atoms with Crippen LogP contribution in [0, 0.1) is 0 Å². The molecule has 0 radical (unpaired) electrons. The van der Waals surface area contributed by atoms with Crippen LogP contribution in [0.15, 0.2) is 24.4 Å². The number of aromatic amines is 1. The van der Waals surface area contributed by atoms with Gasteiger partial charge in [-0.05, 0) is 31.2 Å². The van der Waals surface area contributed by atoms with E-state index in [-0.39, 0.29) is 38.9 Å². The van der Waals surface area contributed by atoms with Gasteiger partial charge < -0.3 is 10.6 Å². The van der Waals surface area contributed by atoms with Crippen molar-refractivity contribution in [1.82, 2.24) is 19.8 Å². The summed E-state index contributed by atoms with van der Waals surface area (Å²) >= 11 is 13.8. The van der Waals surface area contributed by atoms with Gasteiger partial charge in [-0.2, -0.15) is 5.10 Å². The molecule has 10 heteroatoms. The summed E-state index contributed by atoms with van der Waals surface area (Å²) in [6, 6.07) is 4.89. The standard InChI is InChI=1S/C17H19Cl2N5O2S.C2H6/c1-27-24-7-5-10(6-8-24)21-17(26)15-13(9-20-23-15)22-16(25)14-11(18)3-2-4-12(14)19;1-2/h2-4,9-10H,5-8H2,1H3,(H,20,23)(H,21,26)(H,22,25);1-2H3. The highest BCUT2D eigenvalue weighted by molar-refractivity contribution is 7.96. The molecule has 0 unspecified atom stereocenters. The molecule has 1 aromatic carbocycles. The van der Waals surface area contributed by atoms with E-state index in [0.29, 0.717) is 0 Å². The number of amides is 2. The van der Waals surface area contributed by atoms with Crippen molar-refractivity contribution in [3.05, 3.63) is 45.7 Å². The summed E-state index contributed by atoms with van der Waals surface area (Å²) in [4.78, 5) is 25.1. The number of hydrogen-bond donors (Lipinski definition) is 3. The molecule has 2 aromatic rings. The maximum absolute atomic E-state index is 12.6. The summed E-state index contributed by atoms with van der Waals surface area (Å²) in [6.45, 7) is 5.84. The Balaban J connectivity index is 0.00000145. The highest BCUT2D eigenvalue weighted by Crippen LogP contribution is 2.26. The van der Waals surface area contributed by atoms with Gasteiger partial charge in [0.2, 0.25) is 0 Å². The summed E-state index contributed by atoms with van der Waals surface area (Å²) in [5.74, 6) is -0.815. The predicted molar refractivity (Wildman–Crippen MR) is 120 cm³/mol. The van der Waals surface area contributed by atoms with Gasteiger partial charge in [0, 0.05) is 19.1 Å². The van der Waals surface area contributed by atoms with Crippen molar-refractivity contribution in [2.24, 2.45) is 0 Å². The Hall–Kier alpha value is -1.74. The fourth-order valence-corrected chi connectivity index (χ4v) is 4.04. The van der Waals surface area contributed by atoms with Crippen LogP contribution < -0.4 is 10.6 Å². The Bertz CT molecular complexity index is 818. The summed E-state index contributed by atoms with van der Waals surface area (Å²) in [5.41, 5.74) is 0.617. The largest absolute Gasteiger partial charge is 0.348 e. The number of carbonyl (C=O) groups is 2. The number of hydrogen-bond acceptors (Lipinski definition) is 5. The SMILES string of the molecule is CC.CSN1CCC(NC(=O)c2[nH]ncc2NC(=O)c2c(Cl)cccc2Cl)CC1. The number of H-pyrrole nitrogens is 1. The van der Waals surface area contributed by atoms with Crippen molar-refractivity contribution in [3.63, 3.8) is 0 Å². The first-order valence-corrected chi connectivity index (χ1v) is 11.3. The molecule has 2 amide bonds. The minimum atomic E-state index is -0.505. The fourth-order valence-electron chi connectivity index (χ4n) is 2.89. The molecular weight excluding hydrogens is 433 g/mol. The molecular formula is C19H25Cl2N5O2S. The average Bonchev–Trinajstić information content (AvgIpc) is 3.18. The minimum Gasteiger partial charge on any atom is -0.348 e. The highest BCUT2D eigenvalue weighted by Gasteiger charge is 2.24. The molecule has 0 aliphatic carbocycles. The monoisotopic (exact) mass is 457 g/mol. The Labute approximate surface area is 185 Å². The van der Waals surface area contributed by atoms with E-state index in [1.165, 1.54) is 6.20 Å². The zero-order chi connectivity index (χ0) is 21.4. The van der Waals surface area contributed by atoms with Gasteiger partial charge in [0.25, 0.3) is 11.8 Å². The van der Waals surface area contributed by atoms with Gasteiger partial charge in [0.15, 0.2) is 0 Å². The molecule has 7 nitrogen and oxygen atoms in total. The second kappa shape index (κ2) is 11.4. The lowest BCUT2D eigenvalue weighted by atomic mass is 10.1. The number of aromatic nitrogens is 2. The number of rotatable bonds is 5. The van der Waals surface area contributed by atoms with Crippen LogP contribution in [0.2, 0.25) is 10.0 Å². The van der Waals surface area contributed by atoms with Crippen LogP contribution >= 0.6 is 35.1 Å². The van der Waals surface area contributed by atoms with Crippen LogP contribution in [0.4, 0.5) is 5.69 Å². The average molecular weight is 458 g/mol. The molecule has 1 saturated heterocycles. The maximum atomic E-state index is 12.6. The van der Waals surface area contributed by atoms with E-state index in [9.17, 15) is 9.59 Å². The fraction of sp³-hybridized carbons (Fsp3) is 0.421. The molecule has 0 spiro atoms. The van der Waals surface area contributed by atoms with E-state index in [2.05, 4.69) is 25.1 Å². The molecule has 1 aromatic heterocycles. The van der Waals surface area contributed by atoms with E-state index in [0.717, 1.165) is 25.9 Å². The molecule has 29 heavy (non-hydrogen) atoms. The lowest BCUT2D eigenvalue weighted by Gasteiger charge is -2.30. The van der Waals surface area contributed by atoms with Gasteiger partial charge in [0.1, 0.15) is 5.69 Å². The summed E-state index contributed by atoms with van der Waals surface area (Å²) in [5, 5.41) is 12.6. The molecule has 1 aliphatic rings. The van der Waals surface area contributed by atoms with Gasteiger partial charge in [-0.1, -0.05) is 55.1 Å². The Morgan fingerprint density at radius 2 is 1.79 bits per heavy atom. The Kier molecular flexibility index (Phi) is 9.29. The summed E-state index contributed by atoms with van der Waals surface area (Å²) < 4.78 is 2.26. The van der Waals surface area contributed by atoms with Gasteiger partial charge >= 0.3 is 0 Å². The van der Waals surface area contributed by atoms with E-state index in [1.54, 1.807) is 30.1 Å². The van der Waals surface area contributed by atoms with Crippen LogP contribution in [-0.2, 0) is 0 Å². The van der Waals surface area contributed by atoms with Crippen LogP contribution in [0.3, 0.4) is 0 Å². The number of nitrogens with zero attached hydrogens (tertiary/aromatic N) is 2. The van der Waals surface area contributed by atoms with Gasteiger partial charge in [-0.25, -0.2) is 0 Å². The summed E-state index contributed by atoms with van der Waals surface area (Å²) in [6.07, 6.45) is 5.17. The number of anilines is 1. The van der Waals surface area contributed by atoms with Crippen LogP contribution in [0.25, 0.3) is 0 Å². The Morgan fingerprint density at radius 3 is 2.38 bits per heavy atom. The zero-order valence-corrected chi connectivity index (χ0v) is 18.9. The van der Waals surface area contributed by atoms with Crippen molar-refractivity contribution in [2.45, 2.75) is 32.7 Å². The van der Waals surface area contributed by atoms with Crippen molar-refractivity contribution >= 4 is 52.7 Å². The Morgan fingerprint density at radius 1 is 1.17 bits per heavy atom.